The van der Waals surface area contributed by atoms with Crippen LogP contribution in [0.15, 0.2) is 93.4 Å². The number of ether oxygens (including phenoxy) is 2. The quantitative estimate of drug-likeness (QED) is 0.141. The average molecular weight is 652 g/mol. The fourth-order valence-electron chi connectivity index (χ4n) is 4.16. The molecule has 0 aliphatic carbocycles. The summed E-state index contributed by atoms with van der Waals surface area (Å²) in [6, 6.07) is 24.7. The minimum Gasteiger partial charge on any atom is -0.497 e. The van der Waals surface area contributed by atoms with Crippen molar-refractivity contribution in [1.82, 2.24) is 5.32 Å². The first kappa shape index (κ1) is 26.1. The number of carbonyl (C=O) groups excluding carboxylic acids is 2. The van der Waals surface area contributed by atoms with E-state index in [9.17, 15) is 9.59 Å². The number of thiocarbonyl (C=S) groups is 1. The highest BCUT2D eigenvalue weighted by Crippen LogP contribution is 2.37. The van der Waals surface area contributed by atoms with Crippen molar-refractivity contribution in [1.29, 1.82) is 0 Å². The monoisotopic (exact) mass is 650 g/mol. The lowest BCUT2D eigenvalue weighted by atomic mass is 10.1. The van der Waals surface area contributed by atoms with Crippen LogP contribution >= 0.6 is 44.1 Å². The number of benzene rings is 4. The summed E-state index contributed by atoms with van der Waals surface area (Å²) in [5.41, 5.74) is 2.17. The van der Waals surface area contributed by atoms with E-state index in [1.165, 1.54) is 11.0 Å². The third kappa shape index (κ3) is 5.22. The van der Waals surface area contributed by atoms with E-state index < -0.39 is 11.8 Å². The molecule has 1 N–H and O–H groups in total. The Kier molecular flexibility index (Phi) is 7.60. The smallest absolute Gasteiger partial charge is 0.270 e. The highest BCUT2D eigenvalue weighted by atomic mass is 79.9. The first-order valence-electron chi connectivity index (χ1n) is 11.5. The molecule has 1 fully saturated rings. The second-order valence-electron chi connectivity index (χ2n) is 8.40. The summed E-state index contributed by atoms with van der Waals surface area (Å²) in [5.74, 6) is 0.169. The van der Waals surface area contributed by atoms with E-state index in [1.807, 2.05) is 24.3 Å². The zero-order valence-corrected chi connectivity index (χ0v) is 24.0. The number of nitrogens with zero attached hydrogens (tertiary/aromatic N) is 1. The summed E-state index contributed by atoms with van der Waals surface area (Å²) < 4.78 is 12.7. The zero-order valence-electron chi connectivity index (χ0n) is 20.0. The highest BCUT2D eigenvalue weighted by Gasteiger charge is 2.34. The SMILES string of the molecule is COc1ccc(N2C(=O)/C(=C\c3cc(Br)c(OCc4cccc5ccccc45)c(Br)c3)C(=O)NC2=S)cc1. The number of rotatable bonds is 6. The van der Waals surface area contributed by atoms with Gasteiger partial charge in [0.25, 0.3) is 11.8 Å². The van der Waals surface area contributed by atoms with Crippen molar-refractivity contribution in [3.8, 4) is 11.5 Å². The molecule has 0 spiro atoms. The van der Waals surface area contributed by atoms with Gasteiger partial charge in [-0.05, 0) is 108 Å². The second kappa shape index (κ2) is 11.1. The van der Waals surface area contributed by atoms with E-state index in [0.29, 0.717) is 38.3 Å². The van der Waals surface area contributed by atoms with Crippen LogP contribution in [0.2, 0.25) is 0 Å². The molecule has 9 heteroatoms. The van der Waals surface area contributed by atoms with Gasteiger partial charge >= 0.3 is 0 Å². The van der Waals surface area contributed by atoms with Crippen molar-refractivity contribution in [3.05, 3.63) is 105 Å². The van der Waals surface area contributed by atoms with Crippen LogP contribution in [0.25, 0.3) is 16.8 Å². The molecule has 2 amide bonds. The van der Waals surface area contributed by atoms with Crippen molar-refractivity contribution in [3.63, 3.8) is 0 Å². The molecule has 4 aromatic rings. The third-order valence-corrected chi connectivity index (χ3v) is 7.48. The molecule has 1 aliphatic heterocycles. The van der Waals surface area contributed by atoms with Gasteiger partial charge in [-0.15, -0.1) is 0 Å². The number of hydrogen-bond donors (Lipinski definition) is 1. The third-order valence-electron chi connectivity index (χ3n) is 6.02. The minimum atomic E-state index is -0.562. The molecule has 0 unspecified atom stereocenters. The fourth-order valence-corrected chi connectivity index (χ4v) is 5.89. The molecule has 1 aliphatic rings. The standard InChI is InChI=1S/C29H20Br2N2O4S/c1-36-21-11-9-20(10-12-21)33-28(35)23(27(34)32-29(33)38)13-17-14-24(30)26(25(31)15-17)37-16-19-7-4-6-18-5-2-3-8-22(18)19/h2-15H,16H2,1H3,(H,32,34,38)/b23-13-. The molecular weight excluding hydrogens is 632 g/mol. The van der Waals surface area contributed by atoms with Crippen LogP contribution in [0.1, 0.15) is 11.1 Å². The fraction of sp³-hybridized carbons (Fsp3) is 0.0690. The Hall–Kier alpha value is -3.53. The maximum Gasteiger partial charge on any atom is 0.270 e. The van der Waals surface area contributed by atoms with E-state index in [0.717, 1.165) is 16.3 Å². The van der Waals surface area contributed by atoms with E-state index in [4.69, 9.17) is 21.7 Å². The molecule has 0 radical (unpaired) electrons. The molecular formula is C29H20Br2N2O4S. The van der Waals surface area contributed by atoms with E-state index in [1.54, 1.807) is 43.5 Å². The minimum absolute atomic E-state index is 0.0156. The maximum atomic E-state index is 13.3. The molecule has 6 nitrogen and oxygen atoms in total. The Labute approximate surface area is 241 Å². The van der Waals surface area contributed by atoms with Crippen LogP contribution in [-0.4, -0.2) is 24.0 Å². The van der Waals surface area contributed by atoms with Gasteiger partial charge in [-0.3, -0.25) is 19.8 Å². The van der Waals surface area contributed by atoms with E-state index >= 15 is 0 Å². The first-order chi connectivity index (χ1) is 18.4. The number of nitrogens with one attached hydrogen (secondary N) is 1. The van der Waals surface area contributed by atoms with Gasteiger partial charge in [-0.2, -0.15) is 0 Å². The number of hydrogen-bond acceptors (Lipinski definition) is 5. The van der Waals surface area contributed by atoms with Crippen molar-refractivity contribution >= 4 is 83.5 Å². The molecule has 0 aromatic heterocycles. The largest absolute Gasteiger partial charge is 0.497 e. The second-order valence-corrected chi connectivity index (χ2v) is 10.5. The highest BCUT2D eigenvalue weighted by molar-refractivity contribution is 9.11. The Bertz CT molecular complexity index is 1590. The number of methoxy groups -OCH3 is 1. The maximum absolute atomic E-state index is 13.3. The van der Waals surface area contributed by atoms with E-state index in [2.05, 4.69) is 55.4 Å². The Morgan fingerprint density at radius 1 is 0.947 bits per heavy atom. The van der Waals surface area contributed by atoms with Crippen LogP contribution < -0.4 is 19.7 Å². The molecule has 1 saturated heterocycles. The Morgan fingerprint density at radius 2 is 1.63 bits per heavy atom. The number of fused-ring (bicyclic) bond motifs is 1. The lowest BCUT2D eigenvalue weighted by Crippen LogP contribution is -2.54. The van der Waals surface area contributed by atoms with Gasteiger partial charge in [0.1, 0.15) is 23.7 Å². The van der Waals surface area contributed by atoms with Crippen LogP contribution in [0.3, 0.4) is 0 Å². The number of carbonyl (C=O) groups is 2. The lowest BCUT2D eigenvalue weighted by molar-refractivity contribution is -0.122. The van der Waals surface area contributed by atoms with Gasteiger partial charge < -0.3 is 9.47 Å². The summed E-state index contributed by atoms with van der Waals surface area (Å²) in [6.45, 7) is 0.369. The topological polar surface area (TPSA) is 67.9 Å². The number of halogens is 2. The van der Waals surface area contributed by atoms with Crippen molar-refractivity contribution in [2.24, 2.45) is 0 Å². The average Bonchev–Trinajstić information content (AvgIpc) is 2.91. The molecule has 0 saturated carbocycles. The van der Waals surface area contributed by atoms with Gasteiger partial charge in [-0.25, -0.2) is 0 Å². The lowest BCUT2D eigenvalue weighted by Gasteiger charge is -2.29. The van der Waals surface area contributed by atoms with Gasteiger partial charge in [0, 0.05) is 0 Å². The molecule has 38 heavy (non-hydrogen) atoms. The van der Waals surface area contributed by atoms with Crippen molar-refractivity contribution in [2.75, 3.05) is 12.0 Å². The predicted octanol–water partition coefficient (Wildman–Crippen LogP) is 6.78. The van der Waals surface area contributed by atoms with Crippen LogP contribution in [-0.2, 0) is 16.2 Å². The van der Waals surface area contributed by atoms with Crippen molar-refractivity contribution < 1.29 is 19.1 Å². The number of amides is 2. The van der Waals surface area contributed by atoms with Crippen molar-refractivity contribution in [2.45, 2.75) is 6.61 Å². The summed E-state index contributed by atoms with van der Waals surface area (Å²) in [6.07, 6.45) is 1.53. The summed E-state index contributed by atoms with van der Waals surface area (Å²) >= 11 is 12.4. The summed E-state index contributed by atoms with van der Waals surface area (Å²) in [4.78, 5) is 27.3. The normalized spacial score (nSPS) is 14.7. The molecule has 0 bridgehead atoms. The molecule has 4 aromatic carbocycles. The molecule has 5 rings (SSSR count). The Morgan fingerprint density at radius 3 is 2.34 bits per heavy atom. The Balaban J connectivity index is 1.41. The zero-order chi connectivity index (χ0) is 26.8. The van der Waals surface area contributed by atoms with Gasteiger partial charge in [0.2, 0.25) is 0 Å². The predicted molar refractivity (Wildman–Crippen MR) is 159 cm³/mol. The van der Waals surface area contributed by atoms with Gasteiger partial charge in [0.05, 0.1) is 21.7 Å². The van der Waals surface area contributed by atoms with E-state index in [-0.39, 0.29) is 10.7 Å². The number of anilines is 1. The molecule has 0 atom stereocenters. The summed E-state index contributed by atoms with van der Waals surface area (Å²) in [7, 11) is 1.56. The molecule has 190 valence electrons. The first-order valence-corrected chi connectivity index (χ1v) is 13.5. The van der Waals surface area contributed by atoms with Crippen LogP contribution in [0.4, 0.5) is 5.69 Å². The summed E-state index contributed by atoms with van der Waals surface area (Å²) in [5, 5.41) is 4.89. The van der Waals surface area contributed by atoms with Crippen LogP contribution in [0, 0.1) is 0 Å². The molecule has 1 heterocycles. The van der Waals surface area contributed by atoms with Gasteiger partial charge in [-0.1, -0.05) is 42.5 Å². The van der Waals surface area contributed by atoms with Crippen LogP contribution in [0.5, 0.6) is 11.5 Å². The van der Waals surface area contributed by atoms with Gasteiger partial charge in [0.15, 0.2) is 5.11 Å².